The van der Waals surface area contributed by atoms with Crippen LogP contribution in [0.2, 0.25) is 0 Å². The Bertz CT molecular complexity index is 169. The largest absolute Gasteiger partial charge is 0.329 e. The third-order valence-electron chi connectivity index (χ3n) is 3.52. The van der Waals surface area contributed by atoms with E-state index in [9.17, 15) is 0 Å². The summed E-state index contributed by atoms with van der Waals surface area (Å²) in [5.41, 5.74) is 5.61. The molecule has 1 rings (SSSR count). The highest BCUT2D eigenvalue weighted by Crippen LogP contribution is 2.21. The Kier molecular flexibility index (Phi) is 7.01. The lowest BCUT2D eigenvalue weighted by Gasteiger charge is -2.32. The SMILES string of the molecule is CN(C)CCCCC1CCCN(CCN)C1. The third-order valence-corrected chi connectivity index (χ3v) is 3.52. The second-order valence-electron chi connectivity index (χ2n) is 5.40. The zero-order valence-corrected chi connectivity index (χ0v) is 11.1. The van der Waals surface area contributed by atoms with Gasteiger partial charge in [0.05, 0.1) is 0 Å². The summed E-state index contributed by atoms with van der Waals surface area (Å²) in [5, 5.41) is 0. The van der Waals surface area contributed by atoms with Gasteiger partial charge in [-0.05, 0) is 58.8 Å². The molecule has 1 aliphatic heterocycles. The van der Waals surface area contributed by atoms with E-state index in [1.165, 1.54) is 51.7 Å². The first-order valence-corrected chi connectivity index (χ1v) is 6.79. The topological polar surface area (TPSA) is 32.5 Å². The van der Waals surface area contributed by atoms with Crippen molar-refractivity contribution in [3.8, 4) is 0 Å². The van der Waals surface area contributed by atoms with Crippen LogP contribution in [0.1, 0.15) is 32.1 Å². The first-order valence-electron chi connectivity index (χ1n) is 6.79. The van der Waals surface area contributed by atoms with Gasteiger partial charge in [0.25, 0.3) is 0 Å². The van der Waals surface area contributed by atoms with Crippen LogP contribution < -0.4 is 5.73 Å². The average Bonchev–Trinajstić information content (AvgIpc) is 2.25. The Morgan fingerprint density at radius 2 is 2.12 bits per heavy atom. The van der Waals surface area contributed by atoms with Gasteiger partial charge in [0.1, 0.15) is 0 Å². The van der Waals surface area contributed by atoms with Crippen molar-refractivity contribution >= 4 is 0 Å². The Labute approximate surface area is 101 Å². The molecule has 1 heterocycles. The Hall–Kier alpha value is -0.120. The molecule has 2 N–H and O–H groups in total. The lowest BCUT2D eigenvalue weighted by atomic mass is 9.93. The lowest BCUT2D eigenvalue weighted by Crippen LogP contribution is -2.38. The molecule has 0 amide bonds. The summed E-state index contributed by atoms with van der Waals surface area (Å²) in [6, 6.07) is 0. The van der Waals surface area contributed by atoms with Gasteiger partial charge in [-0.25, -0.2) is 0 Å². The molecule has 1 atom stereocenters. The predicted molar refractivity (Wildman–Crippen MR) is 70.6 cm³/mol. The summed E-state index contributed by atoms with van der Waals surface area (Å²) in [6.07, 6.45) is 6.95. The van der Waals surface area contributed by atoms with Crippen molar-refractivity contribution in [2.24, 2.45) is 11.7 Å². The number of likely N-dealkylation sites (tertiary alicyclic amines) is 1. The Morgan fingerprint density at radius 3 is 2.81 bits per heavy atom. The summed E-state index contributed by atoms with van der Waals surface area (Å²) >= 11 is 0. The van der Waals surface area contributed by atoms with Crippen LogP contribution in [0.5, 0.6) is 0 Å². The summed E-state index contributed by atoms with van der Waals surface area (Å²) in [7, 11) is 4.31. The van der Waals surface area contributed by atoms with Crippen molar-refractivity contribution in [1.82, 2.24) is 9.80 Å². The van der Waals surface area contributed by atoms with Crippen molar-refractivity contribution in [2.45, 2.75) is 32.1 Å². The van der Waals surface area contributed by atoms with E-state index < -0.39 is 0 Å². The van der Waals surface area contributed by atoms with Gasteiger partial charge in [-0.3, -0.25) is 0 Å². The smallest absolute Gasteiger partial charge is 0.0105 e. The van der Waals surface area contributed by atoms with Gasteiger partial charge in [-0.15, -0.1) is 0 Å². The molecule has 3 heteroatoms. The van der Waals surface area contributed by atoms with Gasteiger partial charge in [0.2, 0.25) is 0 Å². The minimum atomic E-state index is 0.813. The molecule has 1 unspecified atom stereocenters. The number of nitrogens with zero attached hydrogens (tertiary/aromatic N) is 2. The molecule has 0 radical (unpaired) electrons. The van der Waals surface area contributed by atoms with Gasteiger partial charge in [-0.1, -0.05) is 6.42 Å². The summed E-state index contributed by atoms with van der Waals surface area (Å²) in [4.78, 5) is 4.82. The number of piperidine rings is 1. The highest BCUT2D eigenvalue weighted by Gasteiger charge is 2.18. The van der Waals surface area contributed by atoms with Crippen LogP contribution in [0.25, 0.3) is 0 Å². The molecule has 3 nitrogen and oxygen atoms in total. The molecule has 0 saturated carbocycles. The molecule has 0 bridgehead atoms. The number of nitrogens with two attached hydrogens (primary N) is 1. The normalized spacial score (nSPS) is 22.9. The van der Waals surface area contributed by atoms with Crippen molar-refractivity contribution in [3.05, 3.63) is 0 Å². The molecular weight excluding hydrogens is 198 g/mol. The first kappa shape index (κ1) is 13.9. The standard InChI is InChI=1S/C13H29N3/c1-15(2)9-4-3-6-13-7-5-10-16(12-13)11-8-14/h13H,3-12,14H2,1-2H3. The van der Waals surface area contributed by atoms with Crippen LogP contribution in [0, 0.1) is 5.92 Å². The van der Waals surface area contributed by atoms with E-state index >= 15 is 0 Å². The number of hydrogen-bond donors (Lipinski definition) is 1. The highest BCUT2D eigenvalue weighted by molar-refractivity contribution is 4.73. The lowest BCUT2D eigenvalue weighted by molar-refractivity contribution is 0.170. The van der Waals surface area contributed by atoms with Gasteiger partial charge in [0, 0.05) is 19.6 Å². The molecule has 0 spiro atoms. The van der Waals surface area contributed by atoms with Crippen LogP contribution >= 0.6 is 0 Å². The molecule has 1 aliphatic rings. The van der Waals surface area contributed by atoms with E-state index in [0.29, 0.717) is 0 Å². The average molecular weight is 227 g/mol. The fourth-order valence-electron chi connectivity index (χ4n) is 2.63. The quantitative estimate of drug-likeness (QED) is 0.667. The van der Waals surface area contributed by atoms with E-state index in [1.54, 1.807) is 0 Å². The zero-order valence-electron chi connectivity index (χ0n) is 11.1. The summed E-state index contributed by atoms with van der Waals surface area (Å²) < 4.78 is 0. The minimum absolute atomic E-state index is 0.813. The summed E-state index contributed by atoms with van der Waals surface area (Å²) in [5.74, 6) is 0.933. The second kappa shape index (κ2) is 8.04. The molecule has 0 aliphatic carbocycles. The van der Waals surface area contributed by atoms with Crippen LogP contribution in [0.15, 0.2) is 0 Å². The van der Waals surface area contributed by atoms with E-state index in [0.717, 1.165) is 19.0 Å². The molecule has 0 aromatic carbocycles. The Morgan fingerprint density at radius 1 is 1.31 bits per heavy atom. The van der Waals surface area contributed by atoms with Gasteiger partial charge >= 0.3 is 0 Å². The molecule has 1 saturated heterocycles. The van der Waals surface area contributed by atoms with Crippen LogP contribution in [-0.2, 0) is 0 Å². The van der Waals surface area contributed by atoms with E-state index in [1.807, 2.05) is 0 Å². The Balaban J connectivity index is 2.07. The zero-order chi connectivity index (χ0) is 11.8. The molecule has 0 aromatic rings. The number of unbranched alkanes of at least 4 members (excludes halogenated alkanes) is 1. The predicted octanol–water partition coefficient (Wildman–Crippen LogP) is 1.39. The fourth-order valence-corrected chi connectivity index (χ4v) is 2.63. The molecule has 16 heavy (non-hydrogen) atoms. The van der Waals surface area contributed by atoms with Crippen molar-refractivity contribution in [3.63, 3.8) is 0 Å². The third kappa shape index (κ3) is 5.83. The van der Waals surface area contributed by atoms with Crippen LogP contribution in [0.3, 0.4) is 0 Å². The van der Waals surface area contributed by atoms with Crippen LogP contribution in [0.4, 0.5) is 0 Å². The van der Waals surface area contributed by atoms with E-state index in [2.05, 4.69) is 23.9 Å². The highest BCUT2D eigenvalue weighted by atomic mass is 15.1. The fraction of sp³-hybridized carbons (Fsp3) is 1.00. The number of hydrogen-bond acceptors (Lipinski definition) is 3. The molecular formula is C13H29N3. The van der Waals surface area contributed by atoms with Crippen molar-refractivity contribution in [1.29, 1.82) is 0 Å². The maximum absolute atomic E-state index is 5.61. The monoisotopic (exact) mass is 227 g/mol. The summed E-state index contributed by atoms with van der Waals surface area (Å²) in [6.45, 7) is 5.70. The van der Waals surface area contributed by atoms with Crippen LogP contribution in [-0.4, -0.2) is 56.6 Å². The van der Waals surface area contributed by atoms with Gasteiger partial charge < -0.3 is 15.5 Å². The van der Waals surface area contributed by atoms with Crippen molar-refractivity contribution < 1.29 is 0 Å². The first-order chi connectivity index (χ1) is 7.72. The molecule has 0 aromatic heterocycles. The van der Waals surface area contributed by atoms with Gasteiger partial charge in [0.15, 0.2) is 0 Å². The van der Waals surface area contributed by atoms with Gasteiger partial charge in [-0.2, -0.15) is 0 Å². The molecule has 96 valence electrons. The maximum Gasteiger partial charge on any atom is 0.0105 e. The maximum atomic E-state index is 5.61. The molecule has 1 fully saturated rings. The van der Waals surface area contributed by atoms with Crippen molar-refractivity contribution in [2.75, 3.05) is 46.8 Å². The minimum Gasteiger partial charge on any atom is -0.329 e. The number of rotatable bonds is 7. The second-order valence-corrected chi connectivity index (χ2v) is 5.40. The van der Waals surface area contributed by atoms with E-state index in [4.69, 9.17) is 5.73 Å². The van der Waals surface area contributed by atoms with E-state index in [-0.39, 0.29) is 0 Å².